The molecule has 0 unspecified atom stereocenters. The second-order valence-corrected chi connectivity index (χ2v) is 6.63. The van der Waals surface area contributed by atoms with Crippen molar-refractivity contribution in [2.75, 3.05) is 13.1 Å². The summed E-state index contributed by atoms with van der Waals surface area (Å²) in [6.07, 6.45) is 2.84. The minimum atomic E-state index is -0.00923. The molecule has 26 heavy (non-hydrogen) atoms. The van der Waals surface area contributed by atoms with Gasteiger partial charge in [0.2, 0.25) is 0 Å². The fraction of sp³-hybridized carbons (Fsp3) is 0.182. The van der Waals surface area contributed by atoms with Crippen molar-refractivity contribution in [2.45, 2.75) is 12.8 Å². The van der Waals surface area contributed by atoms with Crippen molar-refractivity contribution in [2.24, 2.45) is 0 Å². The number of carbonyl (C=O) groups excluding carboxylic acids is 2. The van der Waals surface area contributed by atoms with Gasteiger partial charge in [-0.05, 0) is 59.0 Å². The monoisotopic (exact) mass is 345 g/mol. The maximum absolute atomic E-state index is 12.4. The third-order valence-corrected chi connectivity index (χ3v) is 5.01. The van der Waals surface area contributed by atoms with Crippen LogP contribution in [-0.2, 0) is 0 Å². The lowest BCUT2D eigenvalue weighted by molar-refractivity contribution is 0.0792. The van der Waals surface area contributed by atoms with E-state index in [0.717, 1.165) is 47.8 Å². The molecule has 4 heteroatoms. The number of nitrogens with zero attached hydrogens (tertiary/aromatic N) is 1. The van der Waals surface area contributed by atoms with Crippen LogP contribution in [0.25, 0.3) is 21.9 Å². The third kappa shape index (κ3) is 2.84. The molecule has 4 rings (SSSR count). The lowest BCUT2D eigenvalue weighted by Gasteiger charge is -2.15. The summed E-state index contributed by atoms with van der Waals surface area (Å²) in [5.74, 6) is 0.0867. The van der Waals surface area contributed by atoms with Gasteiger partial charge in [-0.2, -0.15) is 0 Å². The molecule has 0 atom stereocenters. The van der Waals surface area contributed by atoms with Crippen LogP contribution in [-0.4, -0.2) is 35.3 Å². The van der Waals surface area contributed by atoms with Crippen LogP contribution in [0, 0.1) is 0 Å². The van der Waals surface area contributed by atoms with Gasteiger partial charge in [-0.1, -0.05) is 30.3 Å². The SMILES string of the molecule is O=Cc1c(O)ccc2cc(-c3ccc(C(=O)N4CCCC4)cc3)ccc12. The first kappa shape index (κ1) is 16.3. The standard InChI is InChI=1S/C22H19NO3/c24-14-20-19-9-7-17(13-18(19)8-10-21(20)25)15-3-5-16(6-4-15)22(26)23-11-1-2-12-23/h3-10,13-14,25H,1-2,11-12H2. The van der Waals surface area contributed by atoms with Crippen LogP contribution < -0.4 is 0 Å². The molecule has 0 saturated carbocycles. The van der Waals surface area contributed by atoms with Gasteiger partial charge >= 0.3 is 0 Å². The van der Waals surface area contributed by atoms with E-state index >= 15 is 0 Å². The highest BCUT2D eigenvalue weighted by Crippen LogP contribution is 2.30. The van der Waals surface area contributed by atoms with Gasteiger partial charge in [0.1, 0.15) is 5.75 Å². The Morgan fingerprint density at radius 3 is 2.31 bits per heavy atom. The molecule has 1 aliphatic rings. The largest absolute Gasteiger partial charge is 0.507 e. The number of aromatic hydroxyl groups is 1. The normalized spacial score (nSPS) is 13.9. The van der Waals surface area contributed by atoms with Crippen molar-refractivity contribution in [1.82, 2.24) is 4.90 Å². The van der Waals surface area contributed by atoms with Crippen molar-refractivity contribution >= 4 is 23.0 Å². The summed E-state index contributed by atoms with van der Waals surface area (Å²) in [6, 6.07) is 16.7. The summed E-state index contributed by atoms with van der Waals surface area (Å²) < 4.78 is 0. The smallest absolute Gasteiger partial charge is 0.253 e. The summed E-state index contributed by atoms with van der Waals surface area (Å²) in [7, 11) is 0. The third-order valence-electron chi connectivity index (χ3n) is 5.01. The molecule has 0 aliphatic carbocycles. The molecule has 1 amide bonds. The summed E-state index contributed by atoms with van der Waals surface area (Å²) in [6.45, 7) is 1.69. The number of phenolic OH excluding ortho intramolecular Hbond substituents is 1. The fourth-order valence-electron chi connectivity index (χ4n) is 3.55. The minimum absolute atomic E-state index is 0.00923. The number of carbonyl (C=O) groups is 2. The molecule has 1 aliphatic heterocycles. The zero-order valence-electron chi connectivity index (χ0n) is 14.3. The molecular weight excluding hydrogens is 326 g/mol. The molecule has 4 nitrogen and oxygen atoms in total. The van der Waals surface area contributed by atoms with Gasteiger partial charge in [-0.25, -0.2) is 0 Å². The van der Waals surface area contributed by atoms with Crippen LogP contribution in [0.15, 0.2) is 54.6 Å². The molecule has 1 heterocycles. The number of amides is 1. The minimum Gasteiger partial charge on any atom is -0.507 e. The zero-order chi connectivity index (χ0) is 18.1. The van der Waals surface area contributed by atoms with Crippen LogP contribution in [0.5, 0.6) is 5.75 Å². The Morgan fingerprint density at radius 2 is 1.62 bits per heavy atom. The van der Waals surface area contributed by atoms with Crippen LogP contribution in [0.1, 0.15) is 33.6 Å². The van der Waals surface area contributed by atoms with Gasteiger partial charge in [0, 0.05) is 18.7 Å². The number of rotatable bonds is 3. The van der Waals surface area contributed by atoms with Crippen molar-refractivity contribution in [1.29, 1.82) is 0 Å². The molecule has 130 valence electrons. The summed E-state index contributed by atoms with van der Waals surface area (Å²) in [5.41, 5.74) is 3.02. The summed E-state index contributed by atoms with van der Waals surface area (Å²) in [5, 5.41) is 11.4. The molecule has 0 aromatic heterocycles. The molecular formula is C22H19NO3. The molecule has 1 N–H and O–H groups in total. The van der Waals surface area contributed by atoms with E-state index in [-0.39, 0.29) is 11.7 Å². The maximum atomic E-state index is 12.4. The predicted molar refractivity (Wildman–Crippen MR) is 102 cm³/mol. The lowest BCUT2D eigenvalue weighted by atomic mass is 9.97. The van der Waals surface area contributed by atoms with Crippen LogP contribution >= 0.6 is 0 Å². The second kappa shape index (κ2) is 6.64. The molecule has 3 aromatic rings. The predicted octanol–water partition coefficient (Wildman–Crippen LogP) is 4.26. The number of likely N-dealkylation sites (tertiary alicyclic amines) is 1. The van der Waals surface area contributed by atoms with E-state index in [1.807, 2.05) is 47.4 Å². The molecule has 0 spiro atoms. The maximum Gasteiger partial charge on any atom is 0.253 e. The Hall–Kier alpha value is -3.14. The fourth-order valence-corrected chi connectivity index (χ4v) is 3.55. The number of hydrogen-bond acceptors (Lipinski definition) is 3. The highest BCUT2D eigenvalue weighted by atomic mass is 16.3. The van der Waals surface area contributed by atoms with Crippen LogP contribution in [0.3, 0.4) is 0 Å². The summed E-state index contributed by atoms with van der Waals surface area (Å²) in [4.78, 5) is 25.6. The molecule has 1 saturated heterocycles. The molecule has 0 bridgehead atoms. The number of phenols is 1. The average molecular weight is 345 g/mol. The van der Waals surface area contributed by atoms with Crippen molar-refractivity contribution in [3.8, 4) is 16.9 Å². The van der Waals surface area contributed by atoms with E-state index in [4.69, 9.17) is 0 Å². The van der Waals surface area contributed by atoms with Crippen molar-refractivity contribution < 1.29 is 14.7 Å². The van der Waals surface area contributed by atoms with E-state index in [9.17, 15) is 14.7 Å². The zero-order valence-corrected chi connectivity index (χ0v) is 14.3. The lowest BCUT2D eigenvalue weighted by Crippen LogP contribution is -2.27. The van der Waals surface area contributed by atoms with Gasteiger partial charge in [0.15, 0.2) is 6.29 Å². The first-order valence-electron chi connectivity index (χ1n) is 8.78. The summed E-state index contributed by atoms with van der Waals surface area (Å²) >= 11 is 0. The Bertz CT molecular complexity index is 986. The van der Waals surface area contributed by atoms with E-state index in [0.29, 0.717) is 17.4 Å². The number of hydrogen-bond donors (Lipinski definition) is 1. The second-order valence-electron chi connectivity index (χ2n) is 6.63. The number of aldehydes is 1. The highest BCUT2D eigenvalue weighted by Gasteiger charge is 2.19. The van der Waals surface area contributed by atoms with Gasteiger partial charge < -0.3 is 10.0 Å². The van der Waals surface area contributed by atoms with Gasteiger partial charge in [-0.3, -0.25) is 9.59 Å². The van der Waals surface area contributed by atoms with E-state index < -0.39 is 0 Å². The first-order chi connectivity index (χ1) is 12.7. The van der Waals surface area contributed by atoms with E-state index in [1.165, 1.54) is 6.07 Å². The van der Waals surface area contributed by atoms with Gasteiger partial charge in [0.05, 0.1) is 5.56 Å². The number of fused-ring (bicyclic) bond motifs is 1. The first-order valence-corrected chi connectivity index (χ1v) is 8.78. The highest BCUT2D eigenvalue weighted by molar-refractivity contribution is 6.02. The molecule has 1 fully saturated rings. The van der Waals surface area contributed by atoms with Crippen LogP contribution in [0.4, 0.5) is 0 Å². The van der Waals surface area contributed by atoms with Crippen molar-refractivity contribution in [3.63, 3.8) is 0 Å². The number of benzene rings is 3. The topological polar surface area (TPSA) is 57.6 Å². The Morgan fingerprint density at radius 1 is 0.923 bits per heavy atom. The molecule has 0 radical (unpaired) electrons. The van der Waals surface area contributed by atoms with Gasteiger partial charge in [-0.15, -0.1) is 0 Å². The van der Waals surface area contributed by atoms with E-state index in [2.05, 4.69) is 0 Å². The Balaban J connectivity index is 1.66. The molecule has 3 aromatic carbocycles. The van der Waals surface area contributed by atoms with E-state index in [1.54, 1.807) is 6.07 Å². The quantitative estimate of drug-likeness (QED) is 0.722. The van der Waals surface area contributed by atoms with Crippen LogP contribution in [0.2, 0.25) is 0 Å². The Kier molecular flexibility index (Phi) is 4.17. The van der Waals surface area contributed by atoms with Crippen molar-refractivity contribution in [3.05, 3.63) is 65.7 Å². The Labute approximate surface area is 151 Å². The van der Waals surface area contributed by atoms with Gasteiger partial charge in [0.25, 0.3) is 5.91 Å². The average Bonchev–Trinajstić information content (AvgIpc) is 3.22.